The Morgan fingerprint density at radius 2 is 1.57 bits per heavy atom. The van der Waals surface area contributed by atoms with Crippen molar-refractivity contribution in [3.05, 3.63) is 70.7 Å². The third-order valence-electron chi connectivity index (χ3n) is 8.26. The van der Waals surface area contributed by atoms with Gasteiger partial charge >= 0.3 is 5.97 Å². The van der Waals surface area contributed by atoms with Gasteiger partial charge in [-0.3, -0.25) is 19.8 Å². The van der Waals surface area contributed by atoms with E-state index >= 15 is 0 Å². The summed E-state index contributed by atoms with van der Waals surface area (Å²) in [6, 6.07) is 4.68. The van der Waals surface area contributed by atoms with E-state index in [2.05, 4.69) is 29.3 Å². The first-order valence-electron chi connectivity index (χ1n) is 15.3. The molecule has 0 bridgehead atoms. The van der Waals surface area contributed by atoms with E-state index in [9.17, 15) is 18.8 Å². The van der Waals surface area contributed by atoms with E-state index in [0.717, 1.165) is 92.3 Å². The van der Waals surface area contributed by atoms with Gasteiger partial charge in [0.25, 0.3) is 5.91 Å². The second kappa shape index (κ2) is 15.5. The van der Waals surface area contributed by atoms with Gasteiger partial charge < -0.3 is 14.9 Å². The van der Waals surface area contributed by atoms with Crippen LogP contribution in [0.4, 0.5) is 4.39 Å². The van der Waals surface area contributed by atoms with Gasteiger partial charge in [-0.1, -0.05) is 63.3 Å². The number of allylic oxidation sites excluding steroid dienone is 4. The summed E-state index contributed by atoms with van der Waals surface area (Å²) in [6.07, 6.45) is 15.2. The zero-order valence-electron chi connectivity index (χ0n) is 24.5. The number of hydrazone groups is 1. The third-order valence-corrected chi connectivity index (χ3v) is 8.26. The van der Waals surface area contributed by atoms with Crippen molar-refractivity contribution in [3.63, 3.8) is 0 Å². The van der Waals surface area contributed by atoms with Crippen molar-refractivity contribution in [3.8, 4) is 0 Å². The SMILES string of the molecule is C=C1NN=C(Cc2ccc(F)c(C(=O)N3CCN(C(=O)CCCCCCCCCCC(=O)O)CC3)c2)C2=C1CCC=C2. The van der Waals surface area contributed by atoms with Crippen molar-refractivity contribution in [2.24, 2.45) is 5.10 Å². The molecule has 1 aliphatic carbocycles. The van der Waals surface area contributed by atoms with Crippen LogP contribution >= 0.6 is 0 Å². The monoisotopic (exact) mass is 578 g/mol. The zero-order chi connectivity index (χ0) is 29.9. The lowest BCUT2D eigenvalue weighted by atomic mass is 9.89. The first-order valence-corrected chi connectivity index (χ1v) is 15.3. The molecule has 0 unspecified atom stereocenters. The predicted molar refractivity (Wildman–Crippen MR) is 162 cm³/mol. The summed E-state index contributed by atoms with van der Waals surface area (Å²) < 4.78 is 14.8. The average molecular weight is 579 g/mol. The highest BCUT2D eigenvalue weighted by Gasteiger charge is 2.27. The van der Waals surface area contributed by atoms with Crippen LogP contribution in [0.2, 0.25) is 0 Å². The Labute approximate surface area is 248 Å². The topological polar surface area (TPSA) is 102 Å². The second-order valence-corrected chi connectivity index (χ2v) is 11.4. The number of unbranched alkanes of at least 4 members (excludes halogenated alkanes) is 7. The molecule has 0 aromatic heterocycles. The molecule has 2 heterocycles. The van der Waals surface area contributed by atoms with E-state index in [1.54, 1.807) is 17.0 Å². The molecule has 1 fully saturated rings. The van der Waals surface area contributed by atoms with E-state index < -0.39 is 11.8 Å². The summed E-state index contributed by atoms with van der Waals surface area (Å²) in [5, 5.41) is 13.1. The van der Waals surface area contributed by atoms with Crippen molar-refractivity contribution in [1.82, 2.24) is 15.2 Å². The first kappa shape index (κ1) is 31.2. The summed E-state index contributed by atoms with van der Waals surface area (Å²) in [5.74, 6) is -1.51. The van der Waals surface area contributed by atoms with Gasteiger partial charge in [-0.05, 0) is 49.0 Å². The molecule has 9 heteroatoms. The van der Waals surface area contributed by atoms with Gasteiger partial charge in [-0.25, -0.2) is 4.39 Å². The summed E-state index contributed by atoms with van der Waals surface area (Å²) in [5.41, 5.74) is 7.72. The van der Waals surface area contributed by atoms with Gasteiger partial charge in [0.2, 0.25) is 5.91 Å². The number of nitrogens with zero attached hydrogens (tertiary/aromatic N) is 3. The number of amides is 2. The Morgan fingerprint density at radius 1 is 0.929 bits per heavy atom. The lowest BCUT2D eigenvalue weighted by Gasteiger charge is -2.35. The molecule has 4 rings (SSSR count). The number of benzene rings is 1. The third kappa shape index (κ3) is 8.63. The number of nitrogens with one attached hydrogen (secondary N) is 1. The van der Waals surface area contributed by atoms with Gasteiger partial charge in [0.15, 0.2) is 0 Å². The molecule has 226 valence electrons. The molecular weight excluding hydrogens is 535 g/mol. The molecule has 2 aliphatic heterocycles. The molecular formula is C33H43FN4O4. The summed E-state index contributed by atoms with van der Waals surface area (Å²) >= 11 is 0. The zero-order valence-corrected chi connectivity index (χ0v) is 24.5. The highest BCUT2D eigenvalue weighted by atomic mass is 19.1. The molecule has 0 spiro atoms. The molecule has 42 heavy (non-hydrogen) atoms. The Balaban J connectivity index is 1.19. The van der Waals surface area contributed by atoms with Gasteiger partial charge in [-0.15, -0.1) is 0 Å². The van der Waals surface area contributed by atoms with Crippen LogP contribution in [0.5, 0.6) is 0 Å². The predicted octanol–water partition coefficient (Wildman–Crippen LogP) is 5.76. The smallest absolute Gasteiger partial charge is 0.303 e. The van der Waals surface area contributed by atoms with Crippen LogP contribution in [0.15, 0.2) is 58.9 Å². The Morgan fingerprint density at radius 3 is 2.26 bits per heavy atom. The minimum atomic E-state index is -0.730. The molecule has 2 amide bonds. The van der Waals surface area contributed by atoms with E-state index in [0.29, 0.717) is 39.0 Å². The van der Waals surface area contributed by atoms with Gasteiger partial charge in [0.1, 0.15) is 5.82 Å². The average Bonchev–Trinajstić information content (AvgIpc) is 3.00. The number of carboxylic acids is 1. The van der Waals surface area contributed by atoms with Crippen molar-refractivity contribution in [2.45, 2.75) is 83.5 Å². The van der Waals surface area contributed by atoms with E-state index in [1.807, 2.05) is 4.90 Å². The fraction of sp³-hybridized carbons (Fsp3) is 0.515. The van der Waals surface area contributed by atoms with Crippen LogP contribution in [-0.2, 0) is 16.0 Å². The highest BCUT2D eigenvalue weighted by molar-refractivity contribution is 6.06. The Hall–Kier alpha value is -3.75. The van der Waals surface area contributed by atoms with Crippen molar-refractivity contribution < 1.29 is 23.9 Å². The number of hydrogen-bond acceptors (Lipinski definition) is 5. The van der Waals surface area contributed by atoms with Crippen molar-refractivity contribution in [2.75, 3.05) is 26.2 Å². The molecule has 0 radical (unpaired) electrons. The maximum atomic E-state index is 14.8. The molecule has 0 saturated carbocycles. The van der Waals surface area contributed by atoms with E-state index in [1.165, 1.54) is 6.07 Å². The van der Waals surface area contributed by atoms with Crippen LogP contribution in [0.25, 0.3) is 0 Å². The fourth-order valence-corrected chi connectivity index (χ4v) is 5.79. The second-order valence-electron chi connectivity index (χ2n) is 11.4. The number of rotatable bonds is 14. The molecule has 1 aromatic carbocycles. The Kier molecular flexibility index (Phi) is 11.5. The molecule has 8 nitrogen and oxygen atoms in total. The number of carbonyl (C=O) groups excluding carboxylic acids is 2. The molecule has 2 N–H and O–H groups in total. The number of carboxylic acid groups (broad SMARTS) is 1. The minimum Gasteiger partial charge on any atom is -0.481 e. The number of carbonyl (C=O) groups is 3. The summed E-state index contributed by atoms with van der Waals surface area (Å²) in [6.45, 7) is 5.73. The molecule has 0 atom stereocenters. The number of aliphatic carboxylic acids is 1. The van der Waals surface area contributed by atoms with Crippen LogP contribution in [-0.4, -0.2) is 64.6 Å². The number of halogens is 1. The van der Waals surface area contributed by atoms with Crippen LogP contribution in [0.3, 0.4) is 0 Å². The van der Waals surface area contributed by atoms with Crippen molar-refractivity contribution in [1.29, 1.82) is 0 Å². The van der Waals surface area contributed by atoms with Crippen LogP contribution in [0, 0.1) is 5.82 Å². The molecule has 1 saturated heterocycles. The van der Waals surface area contributed by atoms with E-state index in [-0.39, 0.29) is 23.8 Å². The first-order chi connectivity index (χ1) is 20.3. The fourth-order valence-electron chi connectivity index (χ4n) is 5.79. The van der Waals surface area contributed by atoms with Gasteiger partial charge in [-0.2, -0.15) is 5.10 Å². The molecule has 1 aromatic rings. The van der Waals surface area contributed by atoms with Gasteiger partial charge in [0.05, 0.1) is 17.0 Å². The van der Waals surface area contributed by atoms with Gasteiger partial charge in [0, 0.05) is 51.0 Å². The lowest BCUT2D eigenvalue weighted by Crippen LogP contribution is -2.50. The lowest BCUT2D eigenvalue weighted by molar-refractivity contribution is -0.137. The molecule has 3 aliphatic rings. The largest absolute Gasteiger partial charge is 0.481 e. The minimum absolute atomic E-state index is 0.0522. The normalized spacial score (nSPS) is 16.7. The number of piperazine rings is 1. The summed E-state index contributed by atoms with van der Waals surface area (Å²) in [4.78, 5) is 40.0. The highest BCUT2D eigenvalue weighted by Crippen LogP contribution is 2.28. The Bertz CT molecular complexity index is 1260. The van der Waals surface area contributed by atoms with E-state index in [4.69, 9.17) is 5.11 Å². The maximum Gasteiger partial charge on any atom is 0.303 e. The number of hydrogen-bond donors (Lipinski definition) is 2. The summed E-state index contributed by atoms with van der Waals surface area (Å²) in [7, 11) is 0. The van der Waals surface area contributed by atoms with Crippen LogP contribution < -0.4 is 5.43 Å². The maximum absolute atomic E-state index is 14.8. The van der Waals surface area contributed by atoms with Crippen LogP contribution in [0.1, 0.15) is 93.0 Å². The quantitative estimate of drug-likeness (QED) is 0.274. The van der Waals surface area contributed by atoms with Crippen molar-refractivity contribution >= 4 is 23.5 Å². The standard InChI is InChI=1S/C33H43FN4O4/c1-24-26-12-10-11-13-27(26)30(36-35-24)23-25-16-17-29(34)28(22-25)33(42)38-20-18-37(19-21-38)31(39)14-8-6-4-2-3-5-7-9-15-32(40)41/h11,13,16-17,22,35H,1-10,12,14-15,18-21,23H2,(H,40,41).